The molecule has 4 heteroatoms. The van der Waals surface area contributed by atoms with Crippen molar-refractivity contribution in [2.75, 3.05) is 0 Å². The van der Waals surface area contributed by atoms with Crippen LogP contribution in [0.25, 0.3) is 10.9 Å². The summed E-state index contributed by atoms with van der Waals surface area (Å²) in [4.78, 5) is 15.7. The van der Waals surface area contributed by atoms with Gasteiger partial charge in [-0.3, -0.25) is 4.79 Å². The molecule has 0 amide bonds. The molecule has 2 nitrogen and oxygen atoms in total. The molecule has 100 valence electrons. The number of halogens is 2. The highest BCUT2D eigenvalue weighted by atomic mass is 127. The van der Waals surface area contributed by atoms with Crippen LogP contribution in [-0.2, 0) is 0 Å². The van der Waals surface area contributed by atoms with Gasteiger partial charge in [0.1, 0.15) is 5.82 Å². The Bertz CT molecular complexity index is 822. The lowest BCUT2D eigenvalue weighted by molar-refractivity contribution is 0.103. The molecule has 0 bridgehead atoms. The smallest absolute Gasteiger partial charge is 0.196 e. The van der Waals surface area contributed by atoms with Gasteiger partial charge in [-0.15, -0.1) is 0 Å². The Kier molecular flexibility index (Phi) is 3.33. The van der Waals surface area contributed by atoms with Crippen LogP contribution in [0.15, 0.2) is 42.6 Å². The molecule has 3 aromatic rings. The quantitative estimate of drug-likeness (QED) is 0.518. The molecule has 3 rings (SSSR count). The monoisotopic (exact) mass is 379 g/mol. The number of aromatic amines is 1. The van der Waals surface area contributed by atoms with Gasteiger partial charge in [0, 0.05) is 31.8 Å². The van der Waals surface area contributed by atoms with E-state index in [2.05, 4.69) is 4.98 Å². The van der Waals surface area contributed by atoms with Gasteiger partial charge >= 0.3 is 0 Å². The van der Waals surface area contributed by atoms with Crippen molar-refractivity contribution < 1.29 is 9.18 Å². The summed E-state index contributed by atoms with van der Waals surface area (Å²) in [6.07, 6.45) is 1.71. The second-order valence-electron chi connectivity index (χ2n) is 4.70. The first-order valence-corrected chi connectivity index (χ1v) is 7.21. The molecule has 0 aliphatic carbocycles. The molecule has 0 aliphatic rings. The molecule has 0 unspecified atom stereocenters. The van der Waals surface area contributed by atoms with Crippen molar-refractivity contribution in [3.05, 3.63) is 68.7 Å². The fraction of sp³-hybridized carbons (Fsp3) is 0.0625. The number of nitrogens with one attached hydrogen (secondary N) is 1. The van der Waals surface area contributed by atoms with E-state index in [1.807, 2.05) is 47.7 Å². The summed E-state index contributed by atoms with van der Waals surface area (Å²) in [5, 5.41) is 0.898. The first-order chi connectivity index (χ1) is 9.56. The molecule has 0 spiro atoms. The maximum Gasteiger partial charge on any atom is 0.196 e. The lowest BCUT2D eigenvalue weighted by Gasteiger charge is -2.03. The summed E-state index contributed by atoms with van der Waals surface area (Å²) in [5.41, 5.74) is 3.17. The number of ketones is 1. The van der Waals surface area contributed by atoms with Gasteiger partial charge in [-0.05, 0) is 59.8 Å². The SMILES string of the molecule is Cc1ccc2[nH]cc(C(=O)c3ccc(F)cc3I)c2c1. The highest BCUT2D eigenvalue weighted by Crippen LogP contribution is 2.24. The predicted molar refractivity (Wildman–Crippen MR) is 85.6 cm³/mol. The number of rotatable bonds is 2. The number of aromatic nitrogens is 1. The molecule has 0 radical (unpaired) electrons. The highest BCUT2D eigenvalue weighted by Gasteiger charge is 2.17. The molecule has 0 aliphatic heterocycles. The summed E-state index contributed by atoms with van der Waals surface area (Å²) < 4.78 is 13.8. The fourth-order valence-electron chi connectivity index (χ4n) is 2.24. The summed E-state index contributed by atoms with van der Waals surface area (Å²) in [5.74, 6) is -0.424. The third-order valence-corrected chi connectivity index (χ3v) is 4.15. The van der Waals surface area contributed by atoms with Gasteiger partial charge in [0.15, 0.2) is 5.78 Å². The van der Waals surface area contributed by atoms with E-state index < -0.39 is 0 Å². The summed E-state index contributed by atoms with van der Waals surface area (Å²) in [7, 11) is 0. The van der Waals surface area contributed by atoms with Gasteiger partial charge in [-0.2, -0.15) is 0 Å². The van der Waals surface area contributed by atoms with E-state index in [9.17, 15) is 9.18 Å². The van der Waals surface area contributed by atoms with Crippen LogP contribution in [-0.4, -0.2) is 10.8 Å². The molecular weight excluding hydrogens is 368 g/mol. The summed E-state index contributed by atoms with van der Waals surface area (Å²) in [6, 6.07) is 10.2. The van der Waals surface area contributed by atoms with Crippen molar-refractivity contribution >= 4 is 39.3 Å². The predicted octanol–water partition coefficient (Wildman–Crippen LogP) is 4.45. The Morgan fingerprint density at radius 1 is 1.15 bits per heavy atom. The van der Waals surface area contributed by atoms with E-state index in [1.165, 1.54) is 18.2 Å². The minimum atomic E-state index is -0.333. The second kappa shape index (κ2) is 5.01. The topological polar surface area (TPSA) is 32.9 Å². The number of carbonyl (C=O) groups excluding carboxylic acids is 1. The van der Waals surface area contributed by atoms with Crippen LogP contribution in [0.2, 0.25) is 0 Å². The zero-order chi connectivity index (χ0) is 14.3. The number of benzene rings is 2. The molecule has 2 aromatic carbocycles. The third kappa shape index (κ3) is 2.24. The van der Waals surface area contributed by atoms with Crippen LogP contribution in [0.3, 0.4) is 0 Å². The first kappa shape index (κ1) is 13.3. The zero-order valence-electron chi connectivity index (χ0n) is 10.7. The largest absolute Gasteiger partial charge is 0.360 e. The van der Waals surface area contributed by atoms with E-state index in [-0.39, 0.29) is 11.6 Å². The number of aryl methyl sites for hydroxylation is 1. The molecule has 1 aromatic heterocycles. The number of H-pyrrole nitrogens is 1. The zero-order valence-corrected chi connectivity index (χ0v) is 12.9. The van der Waals surface area contributed by atoms with Crippen LogP contribution in [0.1, 0.15) is 21.5 Å². The average molecular weight is 379 g/mol. The highest BCUT2D eigenvalue weighted by molar-refractivity contribution is 14.1. The van der Waals surface area contributed by atoms with Crippen molar-refractivity contribution in [1.29, 1.82) is 0 Å². The molecule has 20 heavy (non-hydrogen) atoms. The molecule has 0 atom stereocenters. The first-order valence-electron chi connectivity index (χ1n) is 6.14. The number of fused-ring (bicyclic) bond motifs is 1. The van der Waals surface area contributed by atoms with Gasteiger partial charge in [0.2, 0.25) is 0 Å². The minimum absolute atomic E-state index is 0.0914. The minimum Gasteiger partial charge on any atom is -0.360 e. The number of hydrogen-bond acceptors (Lipinski definition) is 1. The van der Waals surface area contributed by atoms with Gasteiger partial charge in [-0.25, -0.2) is 4.39 Å². The van der Waals surface area contributed by atoms with E-state index in [1.54, 1.807) is 6.20 Å². The Hall–Kier alpha value is -1.69. The lowest BCUT2D eigenvalue weighted by atomic mass is 10.0. The van der Waals surface area contributed by atoms with Crippen molar-refractivity contribution in [2.45, 2.75) is 6.92 Å². The summed E-state index contributed by atoms with van der Waals surface area (Å²) >= 11 is 1.99. The number of hydrogen-bond donors (Lipinski definition) is 1. The standard InChI is InChI=1S/C16H11FINO/c1-9-2-5-15-12(6-9)13(8-19-15)16(20)11-4-3-10(17)7-14(11)18/h2-8,19H,1H3. The number of carbonyl (C=O) groups is 1. The molecule has 0 fully saturated rings. The second-order valence-corrected chi connectivity index (χ2v) is 5.87. The fourth-order valence-corrected chi connectivity index (χ4v) is 2.96. The van der Waals surface area contributed by atoms with Crippen molar-refractivity contribution in [1.82, 2.24) is 4.98 Å². The van der Waals surface area contributed by atoms with E-state index in [0.29, 0.717) is 14.7 Å². The molecule has 0 saturated carbocycles. The van der Waals surface area contributed by atoms with Crippen LogP contribution in [0.4, 0.5) is 4.39 Å². The Morgan fingerprint density at radius 3 is 2.70 bits per heavy atom. The van der Waals surface area contributed by atoms with Crippen LogP contribution >= 0.6 is 22.6 Å². The van der Waals surface area contributed by atoms with E-state index in [0.717, 1.165) is 16.5 Å². The summed E-state index contributed by atoms with van der Waals surface area (Å²) in [6.45, 7) is 1.99. The van der Waals surface area contributed by atoms with Gasteiger partial charge in [-0.1, -0.05) is 11.6 Å². The molecule has 1 N–H and O–H groups in total. The van der Waals surface area contributed by atoms with Gasteiger partial charge < -0.3 is 4.98 Å². The maximum atomic E-state index is 13.1. The van der Waals surface area contributed by atoms with Crippen LogP contribution in [0.5, 0.6) is 0 Å². The maximum absolute atomic E-state index is 13.1. The van der Waals surface area contributed by atoms with Crippen molar-refractivity contribution in [2.24, 2.45) is 0 Å². The van der Waals surface area contributed by atoms with Crippen molar-refractivity contribution in [3.63, 3.8) is 0 Å². The molecule has 1 heterocycles. The third-order valence-electron chi connectivity index (χ3n) is 3.26. The normalized spacial score (nSPS) is 10.9. The Labute approximate surface area is 129 Å². The Balaban J connectivity index is 2.15. The van der Waals surface area contributed by atoms with Crippen LogP contribution < -0.4 is 0 Å². The van der Waals surface area contributed by atoms with E-state index >= 15 is 0 Å². The lowest BCUT2D eigenvalue weighted by Crippen LogP contribution is -2.03. The average Bonchev–Trinajstić information content (AvgIpc) is 2.81. The Morgan fingerprint density at radius 2 is 1.95 bits per heavy atom. The molecule has 0 saturated heterocycles. The van der Waals surface area contributed by atoms with Gasteiger partial charge in [0.05, 0.1) is 0 Å². The van der Waals surface area contributed by atoms with Gasteiger partial charge in [0.25, 0.3) is 0 Å². The molecular formula is C16H11FINO. The van der Waals surface area contributed by atoms with Crippen LogP contribution in [0, 0.1) is 16.3 Å². The van der Waals surface area contributed by atoms with E-state index in [4.69, 9.17) is 0 Å². The van der Waals surface area contributed by atoms with Crippen molar-refractivity contribution in [3.8, 4) is 0 Å².